The van der Waals surface area contributed by atoms with Crippen LogP contribution in [0.15, 0.2) is 94.8 Å². The Bertz CT molecular complexity index is 1050. The molecule has 0 aliphatic carbocycles. The summed E-state index contributed by atoms with van der Waals surface area (Å²) in [5, 5.41) is 20.7. The highest BCUT2D eigenvalue weighted by molar-refractivity contribution is 8.18. The number of benzene rings is 3. The van der Waals surface area contributed by atoms with E-state index in [2.05, 4.69) is 6.07 Å². The topological polar surface area (TPSA) is 59.6 Å². The first-order valence-electron chi connectivity index (χ1n) is 8.80. The second kappa shape index (κ2) is 8.13. The number of rotatable bonds is 3. The summed E-state index contributed by atoms with van der Waals surface area (Å²) in [5.41, 5.74) is 3.24. The first-order chi connectivity index (χ1) is 13.7. The maximum absolute atomic E-state index is 11.0. The molecule has 0 saturated carbocycles. The lowest BCUT2D eigenvalue weighted by molar-refractivity contribution is 0.233. The summed E-state index contributed by atoms with van der Waals surface area (Å²) in [4.78, 5) is 7.35. The summed E-state index contributed by atoms with van der Waals surface area (Å²) < 4.78 is 0. The maximum Gasteiger partial charge on any atom is 0.176 e. The van der Waals surface area contributed by atoms with Gasteiger partial charge in [0, 0.05) is 10.6 Å². The summed E-state index contributed by atoms with van der Waals surface area (Å²) in [6.45, 7) is 0. The van der Waals surface area contributed by atoms with E-state index in [1.807, 2.05) is 83.8 Å². The normalized spacial score (nSPS) is 19.1. The van der Waals surface area contributed by atoms with Crippen molar-refractivity contribution in [2.75, 3.05) is 4.90 Å². The molecule has 5 heteroatoms. The molecule has 1 unspecified atom stereocenters. The largest absolute Gasteiger partial charge is 0.368 e. The second-order valence-corrected chi connectivity index (χ2v) is 7.23. The summed E-state index contributed by atoms with van der Waals surface area (Å²) in [6.07, 6.45) is 1.10. The Morgan fingerprint density at radius 3 is 2.21 bits per heavy atom. The van der Waals surface area contributed by atoms with Crippen LogP contribution in [0.2, 0.25) is 0 Å². The zero-order valence-electron chi connectivity index (χ0n) is 14.9. The average Bonchev–Trinajstić information content (AvgIpc) is 3.04. The van der Waals surface area contributed by atoms with Crippen molar-refractivity contribution < 1.29 is 5.11 Å². The lowest BCUT2D eigenvalue weighted by Gasteiger charge is -2.22. The van der Waals surface area contributed by atoms with E-state index in [9.17, 15) is 5.11 Å². The van der Waals surface area contributed by atoms with Crippen molar-refractivity contribution in [2.45, 2.75) is 6.23 Å². The fourth-order valence-electron chi connectivity index (χ4n) is 2.89. The van der Waals surface area contributed by atoms with Gasteiger partial charge in [-0.25, -0.2) is 4.99 Å². The molecule has 4 rings (SSSR count). The van der Waals surface area contributed by atoms with Gasteiger partial charge in [-0.1, -0.05) is 60.3 Å². The third-order valence-electron chi connectivity index (χ3n) is 4.28. The van der Waals surface area contributed by atoms with Crippen LogP contribution in [-0.4, -0.2) is 16.5 Å². The van der Waals surface area contributed by atoms with Crippen molar-refractivity contribution in [2.24, 2.45) is 4.99 Å². The number of anilines is 1. The van der Waals surface area contributed by atoms with Gasteiger partial charge < -0.3 is 5.11 Å². The zero-order valence-corrected chi connectivity index (χ0v) is 15.8. The number of para-hydroxylation sites is 2. The van der Waals surface area contributed by atoms with E-state index in [1.54, 1.807) is 12.1 Å². The number of nitriles is 1. The molecule has 1 N–H and O–H groups in total. The number of aliphatic imine (C=N–C) groups is 1. The molecule has 28 heavy (non-hydrogen) atoms. The highest BCUT2D eigenvalue weighted by Crippen LogP contribution is 2.39. The van der Waals surface area contributed by atoms with Gasteiger partial charge in [0.15, 0.2) is 11.4 Å². The minimum Gasteiger partial charge on any atom is -0.368 e. The van der Waals surface area contributed by atoms with E-state index in [0.717, 1.165) is 21.8 Å². The van der Waals surface area contributed by atoms with Gasteiger partial charge in [0.05, 0.1) is 17.3 Å². The summed E-state index contributed by atoms with van der Waals surface area (Å²) in [5.74, 6) is 0. The molecular weight excluding hydrogens is 366 g/mol. The minimum atomic E-state index is -0.828. The maximum atomic E-state index is 11.0. The lowest BCUT2D eigenvalue weighted by Crippen LogP contribution is -2.32. The van der Waals surface area contributed by atoms with Gasteiger partial charge in [-0.05, 0) is 48.0 Å². The van der Waals surface area contributed by atoms with Gasteiger partial charge in [-0.3, -0.25) is 4.90 Å². The Morgan fingerprint density at radius 1 is 0.929 bits per heavy atom. The van der Waals surface area contributed by atoms with Crippen molar-refractivity contribution in [1.82, 2.24) is 0 Å². The molecule has 3 aromatic rings. The fraction of sp³-hybridized carbons (Fsp3) is 0.0435. The number of amidine groups is 1. The highest BCUT2D eigenvalue weighted by Gasteiger charge is 2.34. The van der Waals surface area contributed by atoms with E-state index in [0.29, 0.717) is 10.7 Å². The van der Waals surface area contributed by atoms with Gasteiger partial charge in [0.2, 0.25) is 0 Å². The van der Waals surface area contributed by atoms with Crippen molar-refractivity contribution in [1.29, 1.82) is 5.26 Å². The van der Waals surface area contributed by atoms with Crippen molar-refractivity contribution in [3.05, 3.63) is 101 Å². The minimum absolute atomic E-state index is 0.610. The SMILES string of the molecule is N#Cc1ccc(/C=C2\SC(=Nc3ccccc3)N(c3ccccc3)C2O)cc1. The summed E-state index contributed by atoms with van der Waals surface area (Å²) >= 11 is 1.44. The monoisotopic (exact) mass is 383 g/mol. The first kappa shape index (κ1) is 18.1. The quantitative estimate of drug-likeness (QED) is 0.679. The third kappa shape index (κ3) is 3.84. The Morgan fingerprint density at radius 2 is 1.57 bits per heavy atom. The molecule has 0 aromatic heterocycles. The van der Waals surface area contributed by atoms with Crippen LogP contribution in [0.3, 0.4) is 0 Å². The van der Waals surface area contributed by atoms with Crippen molar-refractivity contribution >= 4 is 34.4 Å². The van der Waals surface area contributed by atoms with E-state index in [4.69, 9.17) is 10.3 Å². The van der Waals surface area contributed by atoms with E-state index in [1.165, 1.54) is 11.8 Å². The van der Waals surface area contributed by atoms with Crippen molar-refractivity contribution in [3.63, 3.8) is 0 Å². The Hall–Kier alpha value is -3.33. The van der Waals surface area contributed by atoms with E-state index >= 15 is 0 Å². The number of aliphatic hydroxyl groups excluding tert-OH is 1. The van der Waals surface area contributed by atoms with Crippen LogP contribution >= 0.6 is 11.8 Å². The van der Waals surface area contributed by atoms with Crippen LogP contribution in [0, 0.1) is 11.3 Å². The number of hydrogen-bond acceptors (Lipinski definition) is 4. The molecule has 4 nitrogen and oxygen atoms in total. The summed E-state index contributed by atoms with van der Waals surface area (Å²) in [7, 11) is 0. The van der Waals surface area contributed by atoms with Crippen LogP contribution in [0.4, 0.5) is 11.4 Å². The van der Waals surface area contributed by atoms with Gasteiger partial charge >= 0.3 is 0 Å². The number of hydrogen-bond donors (Lipinski definition) is 1. The van der Waals surface area contributed by atoms with Gasteiger partial charge in [-0.2, -0.15) is 5.26 Å². The van der Waals surface area contributed by atoms with Crippen LogP contribution in [0.25, 0.3) is 6.08 Å². The predicted molar refractivity (Wildman–Crippen MR) is 115 cm³/mol. The third-order valence-corrected chi connectivity index (χ3v) is 5.31. The molecule has 1 atom stereocenters. The predicted octanol–water partition coefficient (Wildman–Crippen LogP) is 5.16. The van der Waals surface area contributed by atoms with E-state index in [-0.39, 0.29) is 0 Å². The van der Waals surface area contributed by atoms with Crippen molar-refractivity contribution in [3.8, 4) is 6.07 Å². The molecular formula is C23H17N3OS. The Balaban J connectivity index is 1.73. The van der Waals surface area contributed by atoms with Crippen LogP contribution in [-0.2, 0) is 0 Å². The molecule has 1 fully saturated rings. The van der Waals surface area contributed by atoms with Gasteiger partial charge in [0.25, 0.3) is 0 Å². The Labute approximate surface area is 168 Å². The fourth-order valence-corrected chi connectivity index (χ4v) is 3.96. The molecule has 136 valence electrons. The molecule has 0 bridgehead atoms. The molecule has 0 spiro atoms. The van der Waals surface area contributed by atoms with E-state index < -0.39 is 6.23 Å². The molecule has 1 aliphatic heterocycles. The number of nitrogens with zero attached hydrogens (tertiary/aromatic N) is 3. The molecule has 1 aliphatic rings. The Kier molecular flexibility index (Phi) is 5.24. The van der Waals surface area contributed by atoms with Gasteiger partial charge in [-0.15, -0.1) is 0 Å². The lowest BCUT2D eigenvalue weighted by atomic mass is 10.1. The van der Waals surface area contributed by atoms with Gasteiger partial charge in [0.1, 0.15) is 0 Å². The molecule has 0 amide bonds. The van der Waals surface area contributed by atoms with Crippen LogP contribution in [0.5, 0.6) is 0 Å². The highest BCUT2D eigenvalue weighted by atomic mass is 32.2. The molecule has 3 aromatic carbocycles. The first-order valence-corrected chi connectivity index (χ1v) is 9.62. The zero-order chi connectivity index (χ0) is 19.3. The van der Waals surface area contributed by atoms with Crippen LogP contribution in [0.1, 0.15) is 11.1 Å². The smallest absolute Gasteiger partial charge is 0.176 e. The summed E-state index contributed by atoms with van der Waals surface area (Å²) in [6, 6.07) is 28.8. The van der Waals surface area contributed by atoms with Crippen LogP contribution < -0.4 is 4.90 Å². The average molecular weight is 383 g/mol. The number of aliphatic hydroxyl groups is 1. The molecule has 0 radical (unpaired) electrons. The number of thioether (sulfide) groups is 1. The standard InChI is InChI=1S/C23H17N3OS/c24-16-18-13-11-17(12-14-18)15-21-22(27)26(20-9-5-2-6-10-20)23(28-21)25-19-7-3-1-4-8-19/h1-15,22,27H/b21-15-,25-23?. The molecule has 1 saturated heterocycles. The second-order valence-electron chi connectivity index (χ2n) is 6.19. The molecule has 1 heterocycles.